The lowest BCUT2D eigenvalue weighted by atomic mass is 10.0. The second-order valence-corrected chi connectivity index (χ2v) is 11.0. The number of methoxy groups -OCH3 is 1. The predicted octanol–water partition coefficient (Wildman–Crippen LogP) is 7.85. The fraction of sp³-hybridized carbons (Fsp3) is 0.769. The summed E-state index contributed by atoms with van der Waals surface area (Å²) in [6.07, 6.45) is 17.0. The molecule has 34 heavy (non-hydrogen) atoms. The van der Waals surface area contributed by atoms with E-state index >= 15 is 0 Å². The van der Waals surface area contributed by atoms with Crippen LogP contribution in [0.1, 0.15) is 89.5 Å². The van der Waals surface area contributed by atoms with Crippen molar-refractivity contribution >= 4 is 23.8 Å². The van der Waals surface area contributed by atoms with Crippen LogP contribution in [0.4, 0.5) is 0 Å². The number of hydrogen-bond donors (Lipinski definition) is 1. The second kappa shape index (κ2) is 20.7. The molecule has 8 heteroatoms. The van der Waals surface area contributed by atoms with Crippen LogP contribution in [0.15, 0.2) is 24.3 Å². The van der Waals surface area contributed by atoms with Gasteiger partial charge >= 0.3 is 7.82 Å². The summed E-state index contributed by atoms with van der Waals surface area (Å²) in [6, 6.07) is 8.11. The number of unbranched alkanes of at least 4 members (excludes halogenated alkanes) is 11. The molecule has 198 valence electrons. The Morgan fingerprint density at radius 1 is 0.853 bits per heavy atom. The van der Waals surface area contributed by atoms with Crippen LogP contribution in [0.25, 0.3) is 0 Å². The van der Waals surface area contributed by atoms with E-state index in [2.05, 4.69) is 35.0 Å². The van der Waals surface area contributed by atoms with Crippen molar-refractivity contribution in [1.82, 2.24) is 0 Å². The van der Waals surface area contributed by atoms with Crippen molar-refractivity contribution in [3.05, 3.63) is 29.8 Å². The molecule has 0 saturated carbocycles. The molecule has 1 N–H and O–H groups in total. The molecule has 1 aromatic rings. The first kappa shape index (κ1) is 31.6. The Kier molecular flexibility index (Phi) is 19.3. The van der Waals surface area contributed by atoms with Crippen LogP contribution < -0.4 is 4.74 Å². The van der Waals surface area contributed by atoms with Crippen molar-refractivity contribution in [2.45, 2.75) is 96.5 Å². The van der Waals surface area contributed by atoms with Gasteiger partial charge in [0.05, 0.1) is 13.2 Å². The fourth-order valence-electron chi connectivity index (χ4n) is 3.66. The van der Waals surface area contributed by atoms with Gasteiger partial charge in [0.1, 0.15) is 18.5 Å². The Morgan fingerprint density at radius 2 is 1.41 bits per heavy atom. The number of alkyl halides is 1. The van der Waals surface area contributed by atoms with E-state index in [1.54, 1.807) is 0 Å². The monoisotopic (exact) mass is 564 g/mol. The third-order valence-corrected chi connectivity index (χ3v) is 7.07. The van der Waals surface area contributed by atoms with Crippen LogP contribution in [-0.4, -0.2) is 43.3 Å². The van der Waals surface area contributed by atoms with Gasteiger partial charge < -0.3 is 14.4 Å². The number of benzene rings is 1. The summed E-state index contributed by atoms with van der Waals surface area (Å²) in [5.41, 5.74) is 1.32. The molecule has 6 nitrogen and oxygen atoms in total. The van der Waals surface area contributed by atoms with E-state index in [1.165, 1.54) is 89.7 Å². The minimum absolute atomic E-state index is 0.0908. The van der Waals surface area contributed by atoms with Gasteiger partial charge in [-0.15, -0.1) is 0 Å². The predicted molar refractivity (Wildman–Crippen MR) is 143 cm³/mol. The van der Waals surface area contributed by atoms with Gasteiger partial charge in [0, 0.05) is 12.4 Å². The van der Waals surface area contributed by atoms with Crippen molar-refractivity contribution in [3.63, 3.8) is 0 Å². The molecule has 0 aliphatic heterocycles. The number of phosphoric acid groups is 1. The Balaban J connectivity index is 2.12. The van der Waals surface area contributed by atoms with E-state index in [0.717, 1.165) is 12.2 Å². The van der Waals surface area contributed by atoms with Gasteiger partial charge in [0.25, 0.3) is 0 Å². The first-order chi connectivity index (χ1) is 16.5. The number of halogens is 1. The van der Waals surface area contributed by atoms with Gasteiger partial charge in [0.15, 0.2) is 0 Å². The largest absolute Gasteiger partial charge is 0.491 e. The Morgan fingerprint density at radius 3 is 1.94 bits per heavy atom. The Labute approximate surface area is 215 Å². The maximum absolute atomic E-state index is 11.7. The molecule has 0 aliphatic rings. The van der Waals surface area contributed by atoms with Crippen LogP contribution >= 0.6 is 23.8 Å². The zero-order valence-electron chi connectivity index (χ0n) is 21.2. The summed E-state index contributed by atoms with van der Waals surface area (Å²) in [7, 11) is -2.56. The van der Waals surface area contributed by atoms with Crippen LogP contribution in [0.3, 0.4) is 0 Å². The average molecular weight is 566 g/mol. The smallest absolute Gasteiger partial charge is 0.472 e. The fourth-order valence-corrected chi connectivity index (χ4v) is 4.82. The standard InChI is InChI=1S/C26H46BrO6P/c1-3-4-5-6-7-8-9-10-11-12-13-14-15-24-16-18-25(19-17-24)31-22-26(30-2)23-33-34(28,29)32-21-20-27/h16-19,26H,3-15,20-23H2,1-2H3,(H,28,29). The lowest BCUT2D eigenvalue weighted by molar-refractivity contribution is 0.0121. The lowest BCUT2D eigenvalue weighted by Gasteiger charge is -2.18. The summed E-state index contributed by atoms with van der Waals surface area (Å²) >= 11 is 3.13. The molecule has 0 radical (unpaired) electrons. The maximum atomic E-state index is 11.7. The zero-order chi connectivity index (χ0) is 24.9. The molecule has 0 heterocycles. The molecule has 0 bridgehead atoms. The molecule has 0 aromatic heterocycles. The normalized spacial score (nSPS) is 14.1. The number of phosphoric ester groups is 1. The number of aryl methyl sites for hydroxylation is 1. The van der Waals surface area contributed by atoms with Crippen molar-refractivity contribution in [2.75, 3.05) is 32.3 Å². The molecule has 0 saturated heterocycles. The van der Waals surface area contributed by atoms with Gasteiger partial charge in [-0.05, 0) is 30.5 Å². The van der Waals surface area contributed by atoms with Gasteiger partial charge in [-0.1, -0.05) is 106 Å². The third kappa shape index (κ3) is 17.1. The van der Waals surface area contributed by atoms with E-state index in [1.807, 2.05) is 12.1 Å². The molecule has 0 amide bonds. The summed E-state index contributed by atoms with van der Waals surface area (Å²) in [5.74, 6) is 0.739. The van der Waals surface area contributed by atoms with Crippen molar-refractivity contribution in [2.24, 2.45) is 0 Å². The Hall–Kier alpha value is -0.430. The molecule has 0 spiro atoms. The highest BCUT2D eigenvalue weighted by atomic mass is 79.9. The van der Waals surface area contributed by atoms with Gasteiger partial charge in [-0.3, -0.25) is 9.05 Å². The average Bonchev–Trinajstić information content (AvgIpc) is 2.84. The van der Waals surface area contributed by atoms with Gasteiger partial charge in [-0.25, -0.2) is 4.57 Å². The van der Waals surface area contributed by atoms with Crippen LogP contribution in [0.5, 0.6) is 5.75 Å². The highest BCUT2D eigenvalue weighted by molar-refractivity contribution is 9.09. The summed E-state index contributed by atoms with van der Waals surface area (Å²) in [5, 5.41) is 0.451. The third-order valence-electron chi connectivity index (χ3n) is 5.77. The highest BCUT2D eigenvalue weighted by Crippen LogP contribution is 2.43. The molecular weight excluding hydrogens is 519 g/mol. The molecule has 0 fully saturated rings. The topological polar surface area (TPSA) is 74.2 Å². The Bertz CT molecular complexity index is 643. The quantitative estimate of drug-likeness (QED) is 0.0828. The number of hydrogen-bond acceptors (Lipinski definition) is 5. The SMILES string of the molecule is CCCCCCCCCCCCCCc1ccc(OCC(COP(=O)(O)OCCBr)OC)cc1. The van der Waals surface area contributed by atoms with Crippen LogP contribution in [0, 0.1) is 0 Å². The van der Waals surface area contributed by atoms with E-state index in [4.69, 9.17) is 18.5 Å². The summed E-state index contributed by atoms with van der Waals surface area (Å²) in [4.78, 5) is 9.59. The van der Waals surface area contributed by atoms with Crippen LogP contribution in [0.2, 0.25) is 0 Å². The van der Waals surface area contributed by atoms with Gasteiger partial charge in [0.2, 0.25) is 0 Å². The van der Waals surface area contributed by atoms with Crippen LogP contribution in [-0.2, 0) is 24.8 Å². The summed E-state index contributed by atoms with van der Waals surface area (Å²) in [6.45, 7) is 2.48. The molecule has 0 aliphatic carbocycles. The van der Waals surface area contributed by atoms with Crippen molar-refractivity contribution < 1.29 is 28.0 Å². The van der Waals surface area contributed by atoms with E-state index in [0.29, 0.717) is 5.33 Å². The van der Waals surface area contributed by atoms with E-state index < -0.39 is 13.9 Å². The summed E-state index contributed by atoms with van der Waals surface area (Å²) < 4.78 is 32.5. The van der Waals surface area contributed by atoms with Crippen molar-refractivity contribution in [3.8, 4) is 5.75 Å². The zero-order valence-corrected chi connectivity index (χ0v) is 23.7. The number of rotatable bonds is 23. The molecule has 2 atom stereocenters. The second-order valence-electron chi connectivity index (χ2n) is 8.74. The van der Waals surface area contributed by atoms with Crippen molar-refractivity contribution in [1.29, 1.82) is 0 Å². The first-order valence-corrected chi connectivity index (χ1v) is 15.5. The molecule has 1 rings (SSSR count). The molecule has 1 aromatic carbocycles. The lowest BCUT2D eigenvalue weighted by Crippen LogP contribution is -2.25. The molecular formula is C26H46BrO6P. The van der Waals surface area contributed by atoms with Gasteiger partial charge in [-0.2, -0.15) is 0 Å². The maximum Gasteiger partial charge on any atom is 0.472 e. The minimum atomic E-state index is -4.07. The van der Waals surface area contributed by atoms with E-state index in [9.17, 15) is 9.46 Å². The first-order valence-electron chi connectivity index (χ1n) is 12.9. The van der Waals surface area contributed by atoms with E-state index in [-0.39, 0.29) is 19.8 Å². The minimum Gasteiger partial charge on any atom is -0.491 e. The number of ether oxygens (including phenoxy) is 2. The highest BCUT2D eigenvalue weighted by Gasteiger charge is 2.23. The molecule has 2 unspecified atom stereocenters.